The molecule has 3 heteroatoms. The summed E-state index contributed by atoms with van der Waals surface area (Å²) in [6.45, 7) is 2.09. The average molecular weight is 390 g/mol. The van der Waals surface area contributed by atoms with Crippen LogP contribution >= 0.6 is 0 Å². The maximum atomic E-state index is 3.65. The highest BCUT2D eigenvalue weighted by Crippen LogP contribution is 2.35. The molecule has 0 aliphatic heterocycles. The maximum Gasteiger partial charge on any atom is 0.0853 e. The van der Waals surface area contributed by atoms with Crippen LogP contribution in [0, 0.1) is 6.92 Å². The zero-order chi connectivity index (χ0) is 20.3. The molecule has 0 saturated carbocycles. The lowest BCUT2D eigenvalue weighted by Crippen LogP contribution is -2.11. The van der Waals surface area contributed by atoms with Gasteiger partial charge in [0.2, 0.25) is 0 Å². The van der Waals surface area contributed by atoms with Gasteiger partial charge in [0.05, 0.1) is 17.1 Å². The summed E-state index contributed by atoms with van der Waals surface area (Å²) < 4.78 is 0. The van der Waals surface area contributed by atoms with Crippen LogP contribution in [0.25, 0.3) is 21.5 Å². The average Bonchev–Trinajstić information content (AvgIpc) is 2.78. The van der Waals surface area contributed by atoms with Crippen molar-refractivity contribution in [1.29, 1.82) is 0 Å². The molecule has 5 aromatic rings. The summed E-state index contributed by atoms with van der Waals surface area (Å²) in [7, 11) is 0. The second-order valence-corrected chi connectivity index (χ2v) is 7.48. The highest BCUT2D eigenvalue weighted by atomic mass is 15.4. The number of anilines is 4. The standard InChI is InChI=1S/C27H23N3/c1-19-8-6-12-22(18-19)29-30-27-24-14-5-3-10-21(24)16-17-26(27)28-25-15-7-11-20-9-2-4-13-23(20)25/h2-18,28-30H,1H3. The molecule has 30 heavy (non-hydrogen) atoms. The third-order valence-electron chi connectivity index (χ3n) is 5.34. The lowest BCUT2D eigenvalue weighted by atomic mass is 10.1. The van der Waals surface area contributed by atoms with Crippen molar-refractivity contribution < 1.29 is 0 Å². The highest BCUT2D eigenvalue weighted by Gasteiger charge is 2.09. The van der Waals surface area contributed by atoms with Crippen molar-refractivity contribution in [2.75, 3.05) is 16.2 Å². The quantitative estimate of drug-likeness (QED) is 0.273. The fourth-order valence-corrected chi connectivity index (χ4v) is 3.85. The van der Waals surface area contributed by atoms with Crippen LogP contribution in [0.5, 0.6) is 0 Å². The molecule has 0 aromatic heterocycles. The first-order chi connectivity index (χ1) is 14.8. The molecular formula is C27H23N3. The van der Waals surface area contributed by atoms with Crippen molar-refractivity contribution in [3.63, 3.8) is 0 Å². The fourth-order valence-electron chi connectivity index (χ4n) is 3.85. The molecule has 0 unspecified atom stereocenters. The van der Waals surface area contributed by atoms with E-state index in [-0.39, 0.29) is 0 Å². The minimum absolute atomic E-state index is 1.02. The molecule has 0 saturated heterocycles. The normalized spacial score (nSPS) is 10.8. The maximum absolute atomic E-state index is 3.65. The van der Waals surface area contributed by atoms with Crippen LogP contribution in [0.15, 0.2) is 103 Å². The number of rotatable bonds is 5. The van der Waals surface area contributed by atoms with Crippen LogP contribution in [-0.2, 0) is 0 Å². The van der Waals surface area contributed by atoms with E-state index in [1.165, 1.54) is 21.7 Å². The van der Waals surface area contributed by atoms with Crippen molar-refractivity contribution in [1.82, 2.24) is 0 Å². The van der Waals surface area contributed by atoms with Crippen LogP contribution in [0.2, 0.25) is 0 Å². The Morgan fingerprint density at radius 2 is 1.23 bits per heavy atom. The van der Waals surface area contributed by atoms with E-state index in [2.05, 4.69) is 126 Å². The van der Waals surface area contributed by atoms with Gasteiger partial charge in [0.25, 0.3) is 0 Å². The second-order valence-electron chi connectivity index (χ2n) is 7.48. The molecule has 5 rings (SSSR count). The van der Waals surface area contributed by atoms with E-state index >= 15 is 0 Å². The topological polar surface area (TPSA) is 36.1 Å². The van der Waals surface area contributed by atoms with Crippen molar-refractivity contribution >= 4 is 44.3 Å². The summed E-state index contributed by atoms with van der Waals surface area (Å²) in [4.78, 5) is 0. The highest BCUT2D eigenvalue weighted by molar-refractivity contribution is 6.03. The fraction of sp³-hybridized carbons (Fsp3) is 0.0370. The molecule has 0 atom stereocenters. The van der Waals surface area contributed by atoms with Gasteiger partial charge in [-0.3, -0.25) is 5.43 Å². The third-order valence-corrected chi connectivity index (χ3v) is 5.34. The molecule has 0 heterocycles. The number of aryl methyl sites for hydroxylation is 1. The van der Waals surface area contributed by atoms with E-state index in [9.17, 15) is 0 Å². The Balaban J connectivity index is 1.56. The molecule has 0 bridgehead atoms. The minimum Gasteiger partial charge on any atom is -0.353 e. The minimum atomic E-state index is 1.02. The van der Waals surface area contributed by atoms with E-state index < -0.39 is 0 Å². The van der Waals surface area contributed by atoms with E-state index in [0.717, 1.165) is 28.1 Å². The number of nitrogens with one attached hydrogen (secondary N) is 3. The van der Waals surface area contributed by atoms with Gasteiger partial charge < -0.3 is 10.7 Å². The summed E-state index contributed by atoms with van der Waals surface area (Å²) in [6.07, 6.45) is 0. The van der Waals surface area contributed by atoms with Gasteiger partial charge in [-0.1, -0.05) is 78.9 Å². The lowest BCUT2D eigenvalue weighted by molar-refractivity contribution is 1.39. The van der Waals surface area contributed by atoms with Crippen molar-refractivity contribution in [2.45, 2.75) is 6.92 Å². The van der Waals surface area contributed by atoms with Gasteiger partial charge in [0, 0.05) is 16.5 Å². The van der Waals surface area contributed by atoms with Crippen molar-refractivity contribution in [3.05, 3.63) is 109 Å². The molecule has 0 aliphatic rings. The van der Waals surface area contributed by atoms with Crippen LogP contribution in [0.1, 0.15) is 5.56 Å². The summed E-state index contributed by atoms with van der Waals surface area (Å²) in [5.74, 6) is 0. The van der Waals surface area contributed by atoms with Crippen LogP contribution < -0.4 is 16.2 Å². The van der Waals surface area contributed by atoms with Crippen LogP contribution in [0.3, 0.4) is 0 Å². The molecular weight excluding hydrogens is 366 g/mol. The SMILES string of the molecule is Cc1cccc(NNc2c(Nc3cccc4ccccc34)ccc3ccccc23)c1. The molecule has 146 valence electrons. The Kier molecular flexibility index (Phi) is 4.70. The van der Waals surface area contributed by atoms with E-state index in [0.29, 0.717) is 0 Å². The molecule has 0 fully saturated rings. The molecule has 5 aromatic carbocycles. The van der Waals surface area contributed by atoms with E-state index in [1.807, 2.05) is 0 Å². The zero-order valence-corrected chi connectivity index (χ0v) is 16.8. The van der Waals surface area contributed by atoms with Gasteiger partial charge in [-0.15, -0.1) is 0 Å². The molecule has 3 nitrogen and oxygen atoms in total. The Morgan fingerprint density at radius 1 is 0.533 bits per heavy atom. The largest absolute Gasteiger partial charge is 0.353 e. The molecule has 0 amide bonds. The Bertz CT molecular complexity index is 1340. The monoisotopic (exact) mass is 389 g/mol. The number of hydrazine groups is 1. The summed E-state index contributed by atoms with van der Waals surface area (Å²) in [5.41, 5.74) is 12.2. The summed E-state index contributed by atoms with van der Waals surface area (Å²) in [5, 5.41) is 8.42. The van der Waals surface area contributed by atoms with Crippen molar-refractivity contribution in [2.24, 2.45) is 0 Å². The zero-order valence-electron chi connectivity index (χ0n) is 16.8. The van der Waals surface area contributed by atoms with Crippen LogP contribution in [-0.4, -0.2) is 0 Å². The second kappa shape index (κ2) is 7.80. The summed E-state index contributed by atoms with van der Waals surface area (Å²) >= 11 is 0. The predicted octanol–water partition coefficient (Wildman–Crippen LogP) is 7.48. The van der Waals surface area contributed by atoms with Crippen molar-refractivity contribution in [3.8, 4) is 0 Å². The lowest BCUT2D eigenvalue weighted by Gasteiger charge is -2.19. The predicted molar refractivity (Wildman–Crippen MR) is 130 cm³/mol. The molecule has 0 radical (unpaired) electrons. The van der Waals surface area contributed by atoms with E-state index in [1.54, 1.807) is 0 Å². The number of hydrogen-bond acceptors (Lipinski definition) is 3. The Hall–Kier alpha value is -3.98. The van der Waals surface area contributed by atoms with Gasteiger partial charge in [-0.05, 0) is 47.5 Å². The van der Waals surface area contributed by atoms with Gasteiger partial charge in [-0.25, -0.2) is 0 Å². The van der Waals surface area contributed by atoms with Gasteiger partial charge in [0.15, 0.2) is 0 Å². The number of benzene rings is 5. The smallest absolute Gasteiger partial charge is 0.0853 e. The first-order valence-electron chi connectivity index (χ1n) is 10.1. The van der Waals surface area contributed by atoms with Gasteiger partial charge in [0.1, 0.15) is 0 Å². The number of fused-ring (bicyclic) bond motifs is 2. The molecule has 0 aliphatic carbocycles. The van der Waals surface area contributed by atoms with Crippen LogP contribution in [0.4, 0.5) is 22.7 Å². The number of hydrogen-bond donors (Lipinski definition) is 3. The molecule has 3 N–H and O–H groups in total. The Morgan fingerprint density at radius 3 is 2.07 bits per heavy atom. The molecule has 0 spiro atoms. The van der Waals surface area contributed by atoms with E-state index in [4.69, 9.17) is 0 Å². The first kappa shape index (κ1) is 18.1. The Labute approximate surface area is 176 Å². The van der Waals surface area contributed by atoms with Gasteiger partial charge in [-0.2, -0.15) is 0 Å². The summed E-state index contributed by atoms with van der Waals surface area (Å²) in [6, 6.07) is 35.8. The third kappa shape index (κ3) is 3.53. The first-order valence-corrected chi connectivity index (χ1v) is 10.1. The van der Waals surface area contributed by atoms with Gasteiger partial charge >= 0.3 is 0 Å².